The van der Waals surface area contributed by atoms with E-state index in [0.29, 0.717) is 6.54 Å². The maximum atomic E-state index is 11.0. The van der Waals surface area contributed by atoms with Crippen molar-refractivity contribution in [3.63, 3.8) is 0 Å². The Balaban J connectivity index is 1.78. The van der Waals surface area contributed by atoms with Crippen LogP contribution in [-0.4, -0.2) is 37.4 Å². The van der Waals surface area contributed by atoms with Crippen LogP contribution in [0.2, 0.25) is 0 Å². The molecule has 0 amide bonds. The monoisotopic (exact) mass is 275 g/mol. The lowest BCUT2D eigenvalue weighted by Gasteiger charge is -2.41. The lowest BCUT2D eigenvalue weighted by atomic mass is 9.66. The van der Waals surface area contributed by atoms with Crippen molar-refractivity contribution < 1.29 is 9.90 Å². The number of carboxylic acids is 1. The fraction of sp³-hybridized carbons (Fsp3) is 0.538. The van der Waals surface area contributed by atoms with Crippen molar-refractivity contribution in [2.75, 3.05) is 11.9 Å². The highest BCUT2D eigenvalue weighted by molar-refractivity contribution is 5.86. The summed E-state index contributed by atoms with van der Waals surface area (Å²) in [5, 5.41) is 17.3. The Morgan fingerprint density at radius 2 is 2.30 bits per heavy atom. The zero-order chi connectivity index (χ0) is 14.2. The average molecular weight is 275 g/mol. The number of hydrogen-bond donors (Lipinski definition) is 2. The SMILES string of the molecule is Cn1ncc2c(NCC3(CC(=O)O)CCC3)ncnc21. The van der Waals surface area contributed by atoms with Crippen LogP contribution in [0, 0.1) is 5.41 Å². The number of aryl methyl sites for hydroxylation is 1. The Labute approximate surface area is 116 Å². The van der Waals surface area contributed by atoms with Crippen LogP contribution in [0.1, 0.15) is 25.7 Å². The molecular formula is C13H17N5O2. The molecule has 106 valence electrons. The molecule has 1 aliphatic carbocycles. The number of hydrogen-bond acceptors (Lipinski definition) is 5. The van der Waals surface area contributed by atoms with Crippen molar-refractivity contribution in [3.05, 3.63) is 12.5 Å². The number of aliphatic carboxylic acids is 1. The van der Waals surface area contributed by atoms with Gasteiger partial charge in [-0.15, -0.1) is 0 Å². The molecule has 7 heteroatoms. The van der Waals surface area contributed by atoms with Crippen LogP contribution in [0.25, 0.3) is 11.0 Å². The third-order valence-corrected chi connectivity index (χ3v) is 4.10. The van der Waals surface area contributed by atoms with Gasteiger partial charge in [0.15, 0.2) is 5.65 Å². The zero-order valence-electron chi connectivity index (χ0n) is 11.3. The Morgan fingerprint density at radius 3 is 2.95 bits per heavy atom. The molecule has 0 aliphatic heterocycles. The van der Waals surface area contributed by atoms with E-state index in [9.17, 15) is 4.79 Å². The zero-order valence-corrected chi connectivity index (χ0v) is 11.3. The minimum absolute atomic E-state index is 0.134. The number of aromatic nitrogens is 4. The van der Waals surface area contributed by atoms with E-state index in [1.54, 1.807) is 10.9 Å². The molecule has 20 heavy (non-hydrogen) atoms. The number of anilines is 1. The van der Waals surface area contributed by atoms with Gasteiger partial charge in [0.2, 0.25) is 0 Å². The number of carboxylic acid groups (broad SMARTS) is 1. The number of fused-ring (bicyclic) bond motifs is 1. The van der Waals surface area contributed by atoms with Crippen LogP contribution in [-0.2, 0) is 11.8 Å². The fourth-order valence-corrected chi connectivity index (χ4v) is 2.79. The van der Waals surface area contributed by atoms with E-state index in [1.165, 1.54) is 6.33 Å². The van der Waals surface area contributed by atoms with Crippen molar-refractivity contribution in [1.82, 2.24) is 19.7 Å². The van der Waals surface area contributed by atoms with Crippen molar-refractivity contribution in [2.45, 2.75) is 25.7 Å². The number of rotatable bonds is 5. The minimum Gasteiger partial charge on any atom is -0.481 e. The molecule has 3 rings (SSSR count). The van der Waals surface area contributed by atoms with Crippen molar-refractivity contribution >= 4 is 22.8 Å². The van der Waals surface area contributed by atoms with Gasteiger partial charge in [-0.25, -0.2) is 9.97 Å². The van der Waals surface area contributed by atoms with Crippen molar-refractivity contribution in [2.24, 2.45) is 12.5 Å². The first kappa shape index (κ1) is 12.8. The standard InChI is InChI=1S/C13H17N5O2/c1-18-12-9(6-17-18)11(15-8-16-12)14-7-13(3-2-4-13)5-10(19)20/h6,8H,2-5,7H2,1H3,(H,19,20)(H,14,15,16). The van der Waals surface area contributed by atoms with Gasteiger partial charge >= 0.3 is 5.97 Å². The van der Waals surface area contributed by atoms with Crippen LogP contribution in [0.15, 0.2) is 12.5 Å². The summed E-state index contributed by atoms with van der Waals surface area (Å²) < 4.78 is 1.69. The molecule has 1 saturated carbocycles. The highest BCUT2D eigenvalue weighted by Crippen LogP contribution is 2.44. The molecule has 0 aromatic carbocycles. The van der Waals surface area contributed by atoms with Crippen LogP contribution in [0.4, 0.5) is 5.82 Å². The van der Waals surface area contributed by atoms with E-state index in [2.05, 4.69) is 20.4 Å². The molecule has 2 aromatic rings. The molecule has 0 bridgehead atoms. The van der Waals surface area contributed by atoms with E-state index < -0.39 is 5.97 Å². The second kappa shape index (κ2) is 4.73. The average Bonchev–Trinajstić information content (AvgIpc) is 2.75. The topological polar surface area (TPSA) is 92.9 Å². The summed E-state index contributed by atoms with van der Waals surface area (Å²) in [5.41, 5.74) is 0.633. The summed E-state index contributed by atoms with van der Waals surface area (Å²) in [6.07, 6.45) is 6.43. The van der Waals surface area contributed by atoms with Crippen LogP contribution in [0.5, 0.6) is 0 Å². The number of nitrogens with zero attached hydrogens (tertiary/aromatic N) is 4. The van der Waals surface area contributed by atoms with Crippen molar-refractivity contribution in [1.29, 1.82) is 0 Å². The lowest BCUT2D eigenvalue weighted by Crippen LogP contribution is -2.38. The van der Waals surface area contributed by atoms with Crippen molar-refractivity contribution in [3.8, 4) is 0 Å². The van der Waals surface area contributed by atoms with Gasteiger partial charge in [0.25, 0.3) is 0 Å². The molecule has 2 N–H and O–H groups in total. The van der Waals surface area contributed by atoms with E-state index in [1.807, 2.05) is 7.05 Å². The van der Waals surface area contributed by atoms with Gasteiger partial charge in [-0.05, 0) is 18.3 Å². The molecule has 0 radical (unpaired) electrons. The molecule has 0 spiro atoms. The van der Waals surface area contributed by atoms with Crippen LogP contribution >= 0.6 is 0 Å². The molecule has 1 aliphatic rings. The predicted molar refractivity (Wildman–Crippen MR) is 73.3 cm³/mol. The van der Waals surface area contributed by atoms with Crippen LogP contribution < -0.4 is 5.32 Å². The molecule has 2 heterocycles. The summed E-state index contributed by atoms with van der Waals surface area (Å²) in [7, 11) is 1.83. The third kappa shape index (κ3) is 2.19. The van der Waals surface area contributed by atoms with Crippen LogP contribution in [0.3, 0.4) is 0 Å². The Kier molecular flexibility index (Phi) is 3.04. The second-order valence-electron chi connectivity index (χ2n) is 5.51. The Hall–Kier alpha value is -2.18. The summed E-state index contributed by atoms with van der Waals surface area (Å²) in [5.74, 6) is -0.0134. The normalized spacial score (nSPS) is 16.9. The summed E-state index contributed by atoms with van der Waals surface area (Å²) in [6, 6.07) is 0. The van der Waals surface area contributed by atoms with E-state index in [4.69, 9.17) is 5.11 Å². The Morgan fingerprint density at radius 1 is 1.50 bits per heavy atom. The maximum Gasteiger partial charge on any atom is 0.303 e. The number of nitrogens with one attached hydrogen (secondary N) is 1. The predicted octanol–water partition coefficient (Wildman–Crippen LogP) is 1.42. The smallest absolute Gasteiger partial charge is 0.303 e. The molecule has 7 nitrogen and oxygen atoms in total. The van der Waals surface area contributed by atoms with Gasteiger partial charge in [0, 0.05) is 13.6 Å². The number of carbonyl (C=O) groups is 1. The summed E-state index contributed by atoms with van der Waals surface area (Å²) in [4.78, 5) is 19.4. The molecule has 0 unspecified atom stereocenters. The van der Waals surface area contributed by atoms with Gasteiger partial charge in [-0.2, -0.15) is 5.10 Å². The van der Waals surface area contributed by atoms with Gasteiger partial charge in [0.1, 0.15) is 12.1 Å². The first-order valence-electron chi connectivity index (χ1n) is 6.68. The molecular weight excluding hydrogens is 258 g/mol. The summed E-state index contributed by atoms with van der Waals surface area (Å²) >= 11 is 0. The quantitative estimate of drug-likeness (QED) is 0.857. The van der Waals surface area contributed by atoms with E-state index >= 15 is 0 Å². The van der Waals surface area contributed by atoms with Gasteiger partial charge in [-0.1, -0.05) is 6.42 Å². The van der Waals surface area contributed by atoms with E-state index in [0.717, 1.165) is 36.1 Å². The molecule has 1 fully saturated rings. The highest BCUT2D eigenvalue weighted by Gasteiger charge is 2.38. The molecule has 0 atom stereocenters. The maximum absolute atomic E-state index is 11.0. The third-order valence-electron chi connectivity index (χ3n) is 4.10. The second-order valence-corrected chi connectivity index (χ2v) is 5.51. The first-order chi connectivity index (χ1) is 9.60. The van der Waals surface area contributed by atoms with Gasteiger partial charge in [-0.3, -0.25) is 9.48 Å². The Bertz CT molecular complexity index is 647. The summed E-state index contributed by atoms with van der Waals surface area (Å²) in [6.45, 7) is 0.625. The highest BCUT2D eigenvalue weighted by atomic mass is 16.4. The lowest BCUT2D eigenvalue weighted by molar-refractivity contribution is -0.141. The minimum atomic E-state index is -0.735. The van der Waals surface area contributed by atoms with Gasteiger partial charge < -0.3 is 10.4 Å². The van der Waals surface area contributed by atoms with Gasteiger partial charge in [0.05, 0.1) is 18.0 Å². The first-order valence-corrected chi connectivity index (χ1v) is 6.68. The van der Waals surface area contributed by atoms with E-state index in [-0.39, 0.29) is 11.8 Å². The largest absolute Gasteiger partial charge is 0.481 e. The molecule has 0 saturated heterocycles. The molecule has 2 aromatic heterocycles. The fourth-order valence-electron chi connectivity index (χ4n) is 2.79.